The van der Waals surface area contributed by atoms with Gasteiger partial charge in [0, 0.05) is 37.4 Å². The largest absolute Gasteiger partial charge is 0.335 e. The first-order chi connectivity index (χ1) is 9.22. The molecular weight excluding hydrogens is 238 g/mol. The minimum Gasteiger partial charge on any atom is -0.335 e. The van der Waals surface area contributed by atoms with Crippen molar-refractivity contribution in [3.05, 3.63) is 30.1 Å². The van der Waals surface area contributed by atoms with Crippen LogP contribution in [0, 0.1) is 5.92 Å². The van der Waals surface area contributed by atoms with Gasteiger partial charge in [0.2, 0.25) is 5.91 Å². The average Bonchev–Trinajstić information content (AvgIpc) is 3.27. The summed E-state index contributed by atoms with van der Waals surface area (Å²) in [5.74, 6) is 0.296. The maximum absolute atomic E-state index is 12.5. The van der Waals surface area contributed by atoms with Crippen LogP contribution in [0.5, 0.6) is 0 Å². The fourth-order valence-corrected chi connectivity index (χ4v) is 2.19. The molecule has 1 unspecified atom stereocenters. The standard InChI is InChI=1S/C15H23N3O/c1-3-16-9-12(2)15(19)18(14-6-7-14)11-13-5-4-8-17-10-13/h4-5,8,10,12,14,16H,3,6-7,9,11H2,1-2H3. The van der Waals surface area contributed by atoms with E-state index in [1.165, 1.54) is 0 Å². The zero-order valence-electron chi connectivity index (χ0n) is 11.8. The smallest absolute Gasteiger partial charge is 0.227 e. The van der Waals surface area contributed by atoms with Crippen LogP contribution in [0.1, 0.15) is 32.3 Å². The Kier molecular flexibility index (Phi) is 4.91. The van der Waals surface area contributed by atoms with Gasteiger partial charge in [0.25, 0.3) is 0 Å². The van der Waals surface area contributed by atoms with Crippen LogP contribution >= 0.6 is 0 Å². The van der Waals surface area contributed by atoms with Gasteiger partial charge in [-0.3, -0.25) is 9.78 Å². The van der Waals surface area contributed by atoms with Crippen LogP contribution < -0.4 is 5.32 Å². The Hall–Kier alpha value is -1.42. The van der Waals surface area contributed by atoms with E-state index in [1.807, 2.05) is 30.2 Å². The number of rotatable bonds is 7. The van der Waals surface area contributed by atoms with Crippen LogP contribution in [0.4, 0.5) is 0 Å². The Balaban J connectivity index is 1.97. The van der Waals surface area contributed by atoms with Crippen molar-refractivity contribution in [1.82, 2.24) is 15.2 Å². The molecule has 104 valence electrons. The minimum atomic E-state index is 0.0391. The lowest BCUT2D eigenvalue weighted by atomic mass is 10.1. The van der Waals surface area contributed by atoms with Gasteiger partial charge in [-0.15, -0.1) is 0 Å². The van der Waals surface area contributed by atoms with Crippen LogP contribution in [0.3, 0.4) is 0 Å². The van der Waals surface area contributed by atoms with Crippen LogP contribution in [0.15, 0.2) is 24.5 Å². The molecule has 1 amide bonds. The van der Waals surface area contributed by atoms with E-state index in [0.717, 1.165) is 31.5 Å². The maximum Gasteiger partial charge on any atom is 0.227 e. The van der Waals surface area contributed by atoms with Crippen molar-refractivity contribution in [1.29, 1.82) is 0 Å². The van der Waals surface area contributed by atoms with Crippen LogP contribution in [0.25, 0.3) is 0 Å². The molecule has 1 saturated carbocycles. The number of amides is 1. The molecule has 19 heavy (non-hydrogen) atoms. The SMILES string of the molecule is CCNCC(C)C(=O)N(Cc1cccnc1)C1CC1. The normalized spacial score (nSPS) is 16.1. The second-order valence-electron chi connectivity index (χ2n) is 5.27. The third-order valence-electron chi connectivity index (χ3n) is 3.47. The third kappa shape index (κ3) is 4.03. The van der Waals surface area contributed by atoms with E-state index in [0.29, 0.717) is 12.6 Å². The molecule has 0 aliphatic heterocycles. The first-order valence-corrected chi connectivity index (χ1v) is 7.12. The fraction of sp³-hybridized carbons (Fsp3) is 0.600. The van der Waals surface area contributed by atoms with Crippen LogP contribution in [-0.2, 0) is 11.3 Å². The summed E-state index contributed by atoms with van der Waals surface area (Å²) in [5, 5.41) is 3.25. The Morgan fingerprint density at radius 3 is 2.95 bits per heavy atom. The zero-order chi connectivity index (χ0) is 13.7. The highest BCUT2D eigenvalue weighted by atomic mass is 16.2. The molecule has 4 heteroatoms. The lowest BCUT2D eigenvalue weighted by Crippen LogP contribution is -2.40. The second kappa shape index (κ2) is 6.66. The second-order valence-corrected chi connectivity index (χ2v) is 5.27. The van der Waals surface area contributed by atoms with E-state index < -0.39 is 0 Å². The molecule has 1 aromatic heterocycles. The molecule has 1 fully saturated rings. The van der Waals surface area contributed by atoms with Gasteiger partial charge in [0.15, 0.2) is 0 Å². The summed E-state index contributed by atoms with van der Waals surface area (Å²) < 4.78 is 0. The van der Waals surface area contributed by atoms with Crippen molar-refractivity contribution in [3.63, 3.8) is 0 Å². The summed E-state index contributed by atoms with van der Waals surface area (Å²) in [6, 6.07) is 4.40. The van der Waals surface area contributed by atoms with Gasteiger partial charge in [0.05, 0.1) is 0 Å². The molecule has 1 N–H and O–H groups in total. The Morgan fingerprint density at radius 1 is 1.58 bits per heavy atom. The number of nitrogens with one attached hydrogen (secondary N) is 1. The molecule has 2 rings (SSSR count). The van der Waals surface area contributed by atoms with Gasteiger partial charge in [-0.05, 0) is 31.0 Å². The van der Waals surface area contributed by atoms with E-state index in [-0.39, 0.29) is 11.8 Å². The molecule has 0 bridgehead atoms. The molecule has 1 aliphatic carbocycles. The lowest BCUT2D eigenvalue weighted by Gasteiger charge is -2.26. The molecule has 1 aliphatic rings. The first-order valence-electron chi connectivity index (χ1n) is 7.12. The highest BCUT2D eigenvalue weighted by molar-refractivity contribution is 5.79. The molecular formula is C15H23N3O. The molecule has 1 atom stereocenters. The maximum atomic E-state index is 12.5. The number of carbonyl (C=O) groups is 1. The van der Waals surface area contributed by atoms with Crippen molar-refractivity contribution >= 4 is 5.91 Å². The highest BCUT2D eigenvalue weighted by Gasteiger charge is 2.34. The molecule has 0 saturated heterocycles. The van der Waals surface area contributed by atoms with Gasteiger partial charge < -0.3 is 10.2 Å². The topological polar surface area (TPSA) is 45.2 Å². The summed E-state index contributed by atoms with van der Waals surface area (Å²) >= 11 is 0. The molecule has 0 radical (unpaired) electrons. The quantitative estimate of drug-likeness (QED) is 0.814. The van der Waals surface area contributed by atoms with Gasteiger partial charge in [-0.25, -0.2) is 0 Å². The molecule has 4 nitrogen and oxygen atoms in total. The monoisotopic (exact) mass is 261 g/mol. The van der Waals surface area contributed by atoms with E-state index in [9.17, 15) is 4.79 Å². The first kappa shape index (κ1) is 14.0. The fourth-order valence-electron chi connectivity index (χ4n) is 2.19. The van der Waals surface area contributed by atoms with Crippen molar-refractivity contribution in [2.45, 2.75) is 39.3 Å². The zero-order valence-corrected chi connectivity index (χ0v) is 11.8. The van der Waals surface area contributed by atoms with Crippen LogP contribution in [0.2, 0.25) is 0 Å². The molecule has 0 spiro atoms. The minimum absolute atomic E-state index is 0.0391. The average molecular weight is 261 g/mol. The van der Waals surface area contributed by atoms with Crippen molar-refractivity contribution < 1.29 is 4.79 Å². The van der Waals surface area contributed by atoms with Gasteiger partial charge in [0.1, 0.15) is 0 Å². The van der Waals surface area contributed by atoms with Gasteiger partial charge >= 0.3 is 0 Å². The number of pyridine rings is 1. The summed E-state index contributed by atoms with van der Waals surface area (Å²) in [4.78, 5) is 18.6. The van der Waals surface area contributed by atoms with Crippen molar-refractivity contribution in [2.75, 3.05) is 13.1 Å². The van der Waals surface area contributed by atoms with E-state index in [4.69, 9.17) is 0 Å². The van der Waals surface area contributed by atoms with E-state index in [1.54, 1.807) is 6.20 Å². The third-order valence-corrected chi connectivity index (χ3v) is 3.47. The van der Waals surface area contributed by atoms with Gasteiger partial charge in [-0.1, -0.05) is 19.9 Å². The van der Waals surface area contributed by atoms with E-state index >= 15 is 0 Å². The Morgan fingerprint density at radius 2 is 2.37 bits per heavy atom. The predicted molar refractivity (Wildman–Crippen MR) is 75.5 cm³/mol. The van der Waals surface area contributed by atoms with Crippen molar-refractivity contribution in [3.8, 4) is 0 Å². The number of hydrogen-bond acceptors (Lipinski definition) is 3. The summed E-state index contributed by atoms with van der Waals surface area (Å²) in [7, 11) is 0. The van der Waals surface area contributed by atoms with Crippen LogP contribution in [-0.4, -0.2) is 34.9 Å². The highest BCUT2D eigenvalue weighted by Crippen LogP contribution is 2.29. The predicted octanol–water partition coefficient (Wildman–Crippen LogP) is 1.82. The van der Waals surface area contributed by atoms with E-state index in [2.05, 4.69) is 17.2 Å². The Labute approximate surface area is 115 Å². The summed E-state index contributed by atoms with van der Waals surface area (Å²) in [6.45, 7) is 6.41. The summed E-state index contributed by atoms with van der Waals surface area (Å²) in [5.41, 5.74) is 1.11. The lowest BCUT2D eigenvalue weighted by molar-refractivity contribution is -0.136. The Bertz CT molecular complexity index is 403. The molecule has 0 aromatic carbocycles. The summed E-state index contributed by atoms with van der Waals surface area (Å²) in [6.07, 6.45) is 5.89. The number of carbonyl (C=O) groups excluding carboxylic acids is 1. The molecule has 1 heterocycles. The number of nitrogens with zero attached hydrogens (tertiary/aromatic N) is 2. The molecule has 1 aromatic rings. The van der Waals surface area contributed by atoms with Gasteiger partial charge in [-0.2, -0.15) is 0 Å². The number of hydrogen-bond donors (Lipinski definition) is 1. The van der Waals surface area contributed by atoms with Crippen molar-refractivity contribution in [2.24, 2.45) is 5.92 Å². The number of aromatic nitrogens is 1.